The van der Waals surface area contributed by atoms with E-state index >= 15 is 0 Å². The van der Waals surface area contributed by atoms with E-state index in [1.807, 2.05) is 0 Å². The van der Waals surface area contributed by atoms with Gasteiger partial charge in [0.15, 0.2) is 0 Å². The van der Waals surface area contributed by atoms with Crippen molar-refractivity contribution in [2.45, 2.75) is 18.1 Å². The summed E-state index contributed by atoms with van der Waals surface area (Å²) in [5.74, 6) is 0. The third-order valence-electron chi connectivity index (χ3n) is 1.31. The summed E-state index contributed by atoms with van der Waals surface area (Å²) in [5, 5.41) is 15.5. The molecule has 0 unspecified atom stereocenters. The maximum absolute atomic E-state index is 10.3. The van der Waals surface area contributed by atoms with E-state index in [0.29, 0.717) is 0 Å². The summed E-state index contributed by atoms with van der Waals surface area (Å²) in [6.07, 6.45) is -0.210. The van der Waals surface area contributed by atoms with Crippen LogP contribution in [0.25, 0.3) is 0 Å². The van der Waals surface area contributed by atoms with Gasteiger partial charge in [-0.2, -0.15) is 0 Å². The molecule has 0 aliphatic carbocycles. The molecular weight excluding hydrogens is 195 g/mol. The van der Waals surface area contributed by atoms with Crippen LogP contribution >= 0.6 is 0 Å². The van der Waals surface area contributed by atoms with Gasteiger partial charge in [-0.15, -0.1) is 0 Å². The first kappa shape index (κ1) is 15.3. The second-order valence-corrected chi connectivity index (χ2v) is 3.79. The molecule has 0 heterocycles. The summed E-state index contributed by atoms with van der Waals surface area (Å²) in [4.78, 5) is 0. The molecule has 2 N–H and O–H groups in total. The number of rotatable bonds is 5. The second kappa shape index (κ2) is 7.25. The number of aliphatic hydroxyl groups excluding tert-OH is 2. The molecule has 5 nitrogen and oxygen atoms in total. The van der Waals surface area contributed by atoms with Crippen LogP contribution in [-0.4, -0.2) is 41.6 Å². The zero-order chi connectivity index (χ0) is 8.91. The minimum atomic E-state index is -4.36. The summed E-state index contributed by atoms with van der Waals surface area (Å²) in [7, 11) is -4.36. The van der Waals surface area contributed by atoms with Crippen LogP contribution in [0.1, 0.15) is 12.8 Å². The third-order valence-corrected chi connectivity index (χ3v) is 2.60. The van der Waals surface area contributed by atoms with Gasteiger partial charge in [0.1, 0.15) is 0 Å². The van der Waals surface area contributed by atoms with E-state index in [-0.39, 0.29) is 55.6 Å². The Balaban J connectivity index is 0. The third kappa shape index (κ3) is 6.36. The first-order chi connectivity index (χ1) is 5.02. The van der Waals surface area contributed by atoms with E-state index in [4.69, 9.17) is 10.2 Å². The van der Waals surface area contributed by atoms with Gasteiger partial charge in [0.05, 0.1) is 15.4 Å². The van der Waals surface area contributed by atoms with Gasteiger partial charge in [0.2, 0.25) is 0 Å². The Morgan fingerprint density at radius 1 is 1.17 bits per heavy atom. The predicted octanol–water partition coefficient (Wildman–Crippen LogP) is -4.33. The fourth-order valence-electron chi connectivity index (χ4n) is 0.721. The Bertz CT molecular complexity index is 184. The van der Waals surface area contributed by atoms with Crippen molar-refractivity contribution in [3.63, 3.8) is 0 Å². The zero-order valence-corrected chi connectivity index (χ0v) is 9.75. The molecule has 0 amide bonds. The Hall–Kier alpha value is 0.830. The largest absolute Gasteiger partial charge is 1.00 e. The Kier molecular flexibility index (Phi) is 9.25. The molecule has 0 bridgehead atoms. The van der Waals surface area contributed by atoms with Gasteiger partial charge in [-0.25, -0.2) is 8.42 Å². The van der Waals surface area contributed by atoms with Crippen LogP contribution in [0.4, 0.5) is 0 Å². The average Bonchev–Trinajstić information content (AvgIpc) is 1.85. The molecule has 12 heavy (non-hydrogen) atoms. The first-order valence-corrected chi connectivity index (χ1v) is 4.66. The van der Waals surface area contributed by atoms with Gasteiger partial charge < -0.3 is 14.8 Å². The normalized spacial score (nSPS) is 11.3. The molecule has 0 aromatic rings. The number of hydrogen-bond acceptors (Lipinski definition) is 5. The van der Waals surface area contributed by atoms with E-state index in [1.54, 1.807) is 0 Å². The van der Waals surface area contributed by atoms with Gasteiger partial charge >= 0.3 is 29.6 Å². The van der Waals surface area contributed by atoms with Gasteiger partial charge in [0.25, 0.3) is 0 Å². The van der Waals surface area contributed by atoms with Crippen LogP contribution in [0, 0.1) is 0 Å². The minimum absolute atomic E-state index is 0. The van der Waals surface area contributed by atoms with Crippen LogP contribution in [0.2, 0.25) is 0 Å². The minimum Gasteiger partial charge on any atom is -0.748 e. The molecule has 0 aromatic carbocycles. The van der Waals surface area contributed by atoms with Crippen LogP contribution in [0.5, 0.6) is 0 Å². The fraction of sp³-hybridized carbons (Fsp3) is 1.00. The smallest absolute Gasteiger partial charge is 0.748 e. The maximum Gasteiger partial charge on any atom is 1.00 e. The van der Waals surface area contributed by atoms with Crippen molar-refractivity contribution < 1.29 is 52.7 Å². The monoisotopic (exact) mass is 206 g/mol. The molecular formula is C5H11NaO5S. The second-order valence-electron chi connectivity index (χ2n) is 2.14. The molecule has 0 spiro atoms. The fourth-order valence-corrected chi connectivity index (χ4v) is 1.51. The molecule has 0 aliphatic heterocycles. The van der Waals surface area contributed by atoms with E-state index in [0.717, 1.165) is 0 Å². The summed E-state index contributed by atoms with van der Waals surface area (Å²) in [5.41, 5.74) is 0. The van der Waals surface area contributed by atoms with Crippen LogP contribution in [0.15, 0.2) is 0 Å². The van der Waals surface area contributed by atoms with Gasteiger partial charge in [0, 0.05) is 13.2 Å². The molecule has 7 heteroatoms. The van der Waals surface area contributed by atoms with E-state index < -0.39 is 15.4 Å². The molecule has 68 valence electrons. The van der Waals surface area contributed by atoms with E-state index in [9.17, 15) is 13.0 Å². The van der Waals surface area contributed by atoms with Crippen molar-refractivity contribution in [3.8, 4) is 0 Å². The first-order valence-electron chi connectivity index (χ1n) is 3.18. The average molecular weight is 206 g/mol. The number of aliphatic hydroxyl groups is 2. The molecule has 0 fully saturated rings. The van der Waals surface area contributed by atoms with Crippen molar-refractivity contribution in [1.82, 2.24) is 0 Å². The molecule has 0 aliphatic rings. The van der Waals surface area contributed by atoms with E-state index in [2.05, 4.69) is 0 Å². The van der Waals surface area contributed by atoms with Crippen LogP contribution < -0.4 is 29.6 Å². The maximum atomic E-state index is 10.3. The van der Waals surface area contributed by atoms with Crippen LogP contribution in [0.3, 0.4) is 0 Å². The van der Waals surface area contributed by atoms with Gasteiger partial charge in [-0.3, -0.25) is 0 Å². The molecule has 0 aromatic heterocycles. The van der Waals surface area contributed by atoms with Crippen molar-refractivity contribution in [2.75, 3.05) is 13.2 Å². The number of hydrogen-bond donors (Lipinski definition) is 2. The van der Waals surface area contributed by atoms with Gasteiger partial charge in [-0.1, -0.05) is 0 Å². The van der Waals surface area contributed by atoms with Gasteiger partial charge in [-0.05, 0) is 12.8 Å². The molecule has 0 rings (SSSR count). The summed E-state index contributed by atoms with van der Waals surface area (Å²) >= 11 is 0. The topological polar surface area (TPSA) is 97.7 Å². The predicted molar refractivity (Wildman–Crippen MR) is 36.9 cm³/mol. The summed E-state index contributed by atoms with van der Waals surface area (Å²) in [6.45, 7) is -0.710. The van der Waals surface area contributed by atoms with Crippen molar-refractivity contribution >= 4 is 10.1 Å². The molecule has 0 radical (unpaired) electrons. The van der Waals surface area contributed by atoms with E-state index in [1.165, 1.54) is 0 Å². The molecule has 0 saturated heterocycles. The summed E-state index contributed by atoms with van der Waals surface area (Å²) in [6, 6.07) is 0. The van der Waals surface area contributed by atoms with Crippen molar-refractivity contribution in [2.24, 2.45) is 0 Å². The van der Waals surface area contributed by atoms with Crippen molar-refractivity contribution in [3.05, 3.63) is 0 Å². The molecule has 0 saturated carbocycles. The summed E-state index contributed by atoms with van der Waals surface area (Å²) < 4.78 is 31.0. The Morgan fingerprint density at radius 3 is 1.67 bits per heavy atom. The SMILES string of the molecule is O=S(=O)([O-])C(CCO)CCO.[Na+]. The standard InChI is InChI=1S/C5H12O5S.Na/c6-3-1-5(2-4-7)11(8,9)10;/h5-7H,1-4H2,(H,8,9,10);/q;+1/p-1. The Morgan fingerprint density at radius 2 is 1.50 bits per heavy atom. The zero-order valence-electron chi connectivity index (χ0n) is 6.93. The van der Waals surface area contributed by atoms with Crippen molar-refractivity contribution in [1.29, 1.82) is 0 Å². The van der Waals surface area contributed by atoms with Crippen LogP contribution in [-0.2, 0) is 10.1 Å². The Labute approximate surface area is 93.8 Å². The molecule has 0 atom stereocenters. The quantitative estimate of drug-likeness (QED) is 0.350.